The van der Waals surface area contributed by atoms with E-state index in [4.69, 9.17) is 0 Å². The Balaban J connectivity index is 2.62. The van der Waals surface area contributed by atoms with Gasteiger partial charge in [0, 0.05) is 30.6 Å². The van der Waals surface area contributed by atoms with Gasteiger partial charge in [-0.15, -0.1) is 0 Å². The largest absolute Gasteiger partial charge is 0.357 e. The van der Waals surface area contributed by atoms with E-state index >= 15 is 0 Å². The molecule has 158 valence electrons. The minimum atomic E-state index is -2.98. The molecular weight excluding hydrogens is 378 g/mol. The van der Waals surface area contributed by atoms with E-state index in [1.807, 2.05) is 52.0 Å². The van der Waals surface area contributed by atoms with Gasteiger partial charge in [-0.3, -0.25) is 0 Å². The molecule has 8 nitrogen and oxygen atoms in total. The number of amides is 2. The van der Waals surface area contributed by atoms with Crippen molar-refractivity contribution in [3.63, 3.8) is 0 Å². The van der Waals surface area contributed by atoms with E-state index in [2.05, 4.69) is 26.3 Å². The highest BCUT2D eigenvalue weighted by atomic mass is 32.2. The van der Waals surface area contributed by atoms with Gasteiger partial charge >= 0.3 is 6.03 Å². The van der Waals surface area contributed by atoms with Gasteiger partial charge in [-0.25, -0.2) is 18.2 Å². The lowest BCUT2D eigenvalue weighted by molar-refractivity contribution is 0.250. The maximum atomic E-state index is 11.7. The zero-order valence-corrected chi connectivity index (χ0v) is 18.2. The fourth-order valence-corrected chi connectivity index (χ4v) is 3.09. The average Bonchev–Trinajstić information content (AvgIpc) is 2.58. The number of rotatable bonds is 9. The van der Waals surface area contributed by atoms with Crippen LogP contribution in [0.5, 0.6) is 0 Å². The first kappa shape index (κ1) is 23.7. The molecule has 0 aliphatic heterocycles. The van der Waals surface area contributed by atoms with Gasteiger partial charge in [-0.1, -0.05) is 12.1 Å². The van der Waals surface area contributed by atoms with Crippen molar-refractivity contribution in [1.29, 1.82) is 0 Å². The molecule has 1 unspecified atom stereocenters. The van der Waals surface area contributed by atoms with Crippen LogP contribution in [-0.2, 0) is 16.4 Å². The lowest BCUT2D eigenvalue weighted by Gasteiger charge is -2.17. The molecule has 0 aliphatic rings. The van der Waals surface area contributed by atoms with E-state index < -0.39 is 9.84 Å². The molecule has 0 spiro atoms. The van der Waals surface area contributed by atoms with Gasteiger partial charge in [0.25, 0.3) is 0 Å². The highest BCUT2D eigenvalue weighted by molar-refractivity contribution is 7.90. The molecule has 9 heteroatoms. The maximum Gasteiger partial charge on any atom is 0.319 e. The number of nitrogens with one attached hydrogen (secondary N) is 4. The van der Waals surface area contributed by atoms with Crippen LogP contribution in [-0.4, -0.2) is 51.0 Å². The molecule has 0 radical (unpaired) electrons. The van der Waals surface area contributed by atoms with Crippen molar-refractivity contribution in [3.8, 4) is 0 Å². The molecular formula is C19H33N5O3S. The second-order valence-electron chi connectivity index (χ2n) is 7.11. The molecule has 0 heterocycles. The number of urea groups is 1. The Morgan fingerprint density at radius 1 is 1.11 bits per heavy atom. The number of hydrogen-bond acceptors (Lipinski definition) is 4. The molecule has 0 aromatic heterocycles. The van der Waals surface area contributed by atoms with Gasteiger partial charge in [-0.2, -0.15) is 0 Å². The predicted molar refractivity (Wildman–Crippen MR) is 115 cm³/mol. The van der Waals surface area contributed by atoms with E-state index in [-0.39, 0.29) is 23.9 Å². The van der Waals surface area contributed by atoms with Crippen LogP contribution < -0.4 is 21.3 Å². The van der Waals surface area contributed by atoms with E-state index in [1.165, 1.54) is 6.26 Å². The summed E-state index contributed by atoms with van der Waals surface area (Å²) >= 11 is 0. The van der Waals surface area contributed by atoms with Crippen molar-refractivity contribution in [1.82, 2.24) is 16.0 Å². The Morgan fingerprint density at radius 2 is 1.75 bits per heavy atom. The van der Waals surface area contributed by atoms with E-state index in [1.54, 1.807) is 0 Å². The number of anilines is 1. The third kappa shape index (κ3) is 10.8. The number of carbonyl (C=O) groups excluding carboxylic acids is 1. The number of guanidine groups is 1. The molecule has 0 bridgehead atoms. The topological polar surface area (TPSA) is 112 Å². The number of nitrogens with zero attached hydrogens (tertiary/aromatic N) is 1. The van der Waals surface area contributed by atoms with Crippen molar-refractivity contribution in [3.05, 3.63) is 29.8 Å². The molecule has 28 heavy (non-hydrogen) atoms. The Morgan fingerprint density at radius 3 is 2.29 bits per heavy atom. The third-order valence-electron chi connectivity index (χ3n) is 3.70. The third-order valence-corrected chi connectivity index (χ3v) is 4.68. The smallest absolute Gasteiger partial charge is 0.319 e. The predicted octanol–water partition coefficient (Wildman–Crippen LogP) is 2.09. The number of hydrogen-bond donors (Lipinski definition) is 4. The first-order valence-corrected chi connectivity index (χ1v) is 11.5. The minimum absolute atomic E-state index is 0.0152. The molecule has 1 atom stereocenters. The summed E-state index contributed by atoms with van der Waals surface area (Å²) in [5.74, 6) is 0.779. The highest BCUT2D eigenvalue weighted by Crippen LogP contribution is 2.10. The molecule has 4 N–H and O–H groups in total. The Kier molecular flexibility index (Phi) is 9.78. The summed E-state index contributed by atoms with van der Waals surface area (Å²) in [5, 5.41) is 11.9. The average molecular weight is 412 g/mol. The lowest BCUT2D eigenvalue weighted by atomic mass is 10.2. The fraction of sp³-hybridized carbons (Fsp3) is 0.579. The van der Waals surface area contributed by atoms with Crippen molar-refractivity contribution in [2.75, 3.05) is 23.9 Å². The van der Waals surface area contributed by atoms with Gasteiger partial charge in [-0.05, 0) is 51.8 Å². The quantitative estimate of drug-likeness (QED) is 0.367. The van der Waals surface area contributed by atoms with E-state index in [0.29, 0.717) is 31.2 Å². The summed E-state index contributed by atoms with van der Waals surface area (Å²) in [6.45, 7) is 8.88. The second-order valence-corrected chi connectivity index (χ2v) is 9.37. The minimum Gasteiger partial charge on any atom is -0.357 e. The summed E-state index contributed by atoms with van der Waals surface area (Å²) < 4.78 is 22.6. The maximum absolute atomic E-state index is 11.7. The van der Waals surface area contributed by atoms with Gasteiger partial charge < -0.3 is 21.3 Å². The molecule has 0 fully saturated rings. The molecule has 1 rings (SSSR count). The van der Waals surface area contributed by atoms with Crippen molar-refractivity contribution >= 4 is 27.5 Å². The van der Waals surface area contributed by atoms with Crippen LogP contribution in [0.15, 0.2) is 29.3 Å². The standard InChI is InChI=1S/C19H33N5O3S/c1-6-20-18(23-15(4)11-12-28(5,26)27)21-13-16-7-9-17(10-8-16)24-19(25)22-14(2)3/h7-10,14-15H,6,11-13H2,1-5H3,(H2,20,21,23)(H2,22,24,25). The first-order chi connectivity index (χ1) is 13.1. The summed E-state index contributed by atoms with van der Waals surface area (Å²) in [4.78, 5) is 16.3. The van der Waals surface area contributed by atoms with Gasteiger partial charge in [0.1, 0.15) is 9.84 Å². The normalized spacial score (nSPS) is 13.1. The molecule has 2 amide bonds. The van der Waals surface area contributed by atoms with Crippen LogP contribution >= 0.6 is 0 Å². The van der Waals surface area contributed by atoms with Crippen LogP contribution in [0.25, 0.3) is 0 Å². The Hall–Kier alpha value is -2.29. The van der Waals surface area contributed by atoms with Crippen molar-refractivity contribution in [2.45, 2.75) is 52.7 Å². The summed E-state index contributed by atoms with van der Waals surface area (Å²) in [7, 11) is -2.98. The van der Waals surface area contributed by atoms with E-state index in [0.717, 1.165) is 5.56 Å². The molecule has 0 saturated heterocycles. The molecule has 1 aromatic carbocycles. The van der Waals surface area contributed by atoms with Gasteiger partial charge in [0.15, 0.2) is 5.96 Å². The Bertz CT molecular complexity index is 745. The summed E-state index contributed by atoms with van der Waals surface area (Å²) in [6.07, 6.45) is 1.76. The highest BCUT2D eigenvalue weighted by Gasteiger charge is 2.09. The Labute approximate surface area is 168 Å². The number of benzene rings is 1. The fourth-order valence-electron chi connectivity index (χ4n) is 2.31. The van der Waals surface area contributed by atoms with Crippen LogP contribution in [0.3, 0.4) is 0 Å². The zero-order chi connectivity index (χ0) is 21.2. The summed E-state index contributed by atoms with van der Waals surface area (Å²) in [5.41, 5.74) is 1.71. The first-order valence-electron chi connectivity index (χ1n) is 9.48. The van der Waals surface area contributed by atoms with Crippen LogP contribution in [0.4, 0.5) is 10.5 Å². The van der Waals surface area contributed by atoms with Crippen LogP contribution in [0.2, 0.25) is 0 Å². The summed E-state index contributed by atoms with van der Waals surface area (Å²) in [6, 6.07) is 7.31. The molecule has 0 aliphatic carbocycles. The second kappa shape index (κ2) is 11.5. The van der Waals surface area contributed by atoms with Crippen molar-refractivity contribution < 1.29 is 13.2 Å². The van der Waals surface area contributed by atoms with Crippen LogP contribution in [0, 0.1) is 0 Å². The molecule has 1 aromatic rings. The SMILES string of the molecule is CCNC(=NCc1ccc(NC(=O)NC(C)C)cc1)NC(C)CCS(C)(=O)=O. The van der Waals surface area contributed by atoms with Crippen LogP contribution in [0.1, 0.15) is 39.7 Å². The van der Waals surface area contributed by atoms with Gasteiger partial charge in [0.05, 0.1) is 12.3 Å². The monoisotopic (exact) mass is 411 g/mol. The van der Waals surface area contributed by atoms with Crippen molar-refractivity contribution in [2.24, 2.45) is 4.99 Å². The zero-order valence-electron chi connectivity index (χ0n) is 17.4. The number of carbonyl (C=O) groups is 1. The molecule has 0 saturated carbocycles. The van der Waals surface area contributed by atoms with E-state index in [9.17, 15) is 13.2 Å². The number of aliphatic imine (C=N–C) groups is 1. The van der Waals surface area contributed by atoms with Gasteiger partial charge in [0.2, 0.25) is 0 Å². The lowest BCUT2D eigenvalue weighted by Crippen LogP contribution is -2.42. The number of sulfone groups is 1.